The van der Waals surface area contributed by atoms with Gasteiger partial charge in [0.05, 0.1) is 12.7 Å². The van der Waals surface area contributed by atoms with E-state index in [1.54, 1.807) is 6.07 Å². The van der Waals surface area contributed by atoms with Crippen molar-refractivity contribution in [2.75, 3.05) is 6.54 Å². The molecule has 0 radical (unpaired) electrons. The topological polar surface area (TPSA) is 29.9 Å². The number of hydrogen-bond donors (Lipinski definition) is 1. The van der Waals surface area contributed by atoms with E-state index in [0.717, 1.165) is 17.7 Å². The summed E-state index contributed by atoms with van der Waals surface area (Å²) in [6.45, 7) is 7.73. The number of benzene rings is 1. The number of halogens is 1. The second-order valence-corrected chi connectivity index (χ2v) is 4.82. The van der Waals surface area contributed by atoms with Crippen LogP contribution in [0.4, 0.5) is 4.39 Å². The van der Waals surface area contributed by atoms with E-state index in [9.17, 15) is 4.39 Å². The summed E-state index contributed by atoms with van der Waals surface area (Å²) in [6.07, 6.45) is 3.92. The molecule has 2 rings (SSSR count). The highest BCUT2D eigenvalue weighted by molar-refractivity contribution is 5.26. The Bertz CT molecular complexity index is 548. The van der Waals surface area contributed by atoms with Gasteiger partial charge in [0.25, 0.3) is 0 Å². The molecule has 1 heterocycles. The normalized spacial score (nSPS) is 12.6. The van der Waals surface area contributed by atoms with Gasteiger partial charge in [-0.05, 0) is 43.7 Å². The molecule has 102 valence electrons. The molecule has 4 heteroatoms. The highest BCUT2D eigenvalue weighted by Crippen LogP contribution is 2.14. The first kappa shape index (κ1) is 13.7. The summed E-state index contributed by atoms with van der Waals surface area (Å²) in [6, 6.07) is 5.17. The van der Waals surface area contributed by atoms with E-state index in [-0.39, 0.29) is 5.82 Å². The number of hydrogen-bond acceptors (Lipinski definition) is 2. The van der Waals surface area contributed by atoms with Gasteiger partial charge in [0.15, 0.2) is 0 Å². The summed E-state index contributed by atoms with van der Waals surface area (Å²) >= 11 is 0. The lowest BCUT2D eigenvalue weighted by Gasteiger charge is -2.09. The molecule has 0 bridgehead atoms. The second kappa shape index (κ2) is 5.97. The third-order valence-corrected chi connectivity index (χ3v) is 3.30. The van der Waals surface area contributed by atoms with E-state index in [1.807, 2.05) is 30.1 Å². The smallest absolute Gasteiger partial charge is 0.123 e. The molecule has 0 saturated carbocycles. The molecule has 1 unspecified atom stereocenters. The maximum absolute atomic E-state index is 13.1. The summed E-state index contributed by atoms with van der Waals surface area (Å²) in [5.41, 5.74) is 3.21. The zero-order chi connectivity index (χ0) is 13.8. The van der Waals surface area contributed by atoms with E-state index >= 15 is 0 Å². The molecule has 0 aliphatic rings. The summed E-state index contributed by atoms with van der Waals surface area (Å²) in [5, 5.41) is 7.72. The predicted octanol–water partition coefficient (Wildman–Crippen LogP) is 3.05. The lowest BCUT2D eigenvalue weighted by atomic mass is 10.1. The van der Waals surface area contributed by atoms with Crippen LogP contribution in [0.1, 0.15) is 36.6 Å². The molecule has 1 atom stereocenters. The van der Waals surface area contributed by atoms with Crippen LogP contribution in [-0.4, -0.2) is 16.3 Å². The number of aromatic nitrogens is 2. The monoisotopic (exact) mass is 261 g/mol. The fourth-order valence-corrected chi connectivity index (χ4v) is 2.12. The number of rotatable bonds is 5. The van der Waals surface area contributed by atoms with Crippen molar-refractivity contribution in [2.24, 2.45) is 0 Å². The van der Waals surface area contributed by atoms with E-state index in [1.165, 1.54) is 11.6 Å². The third-order valence-electron chi connectivity index (χ3n) is 3.30. The van der Waals surface area contributed by atoms with Crippen LogP contribution < -0.4 is 5.32 Å². The molecule has 0 amide bonds. The molecule has 0 fully saturated rings. The fourth-order valence-electron chi connectivity index (χ4n) is 2.12. The Morgan fingerprint density at radius 2 is 2.21 bits per heavy atom. The number of aryl methyl sites for hydroxylation is 1. The van der Waals surface area contributed by atoms with Crippen molar-refractivity contribution >= 4 is 0 Å². The molecule has 3 nitrogen and oxygen atoms in total. The zero-order valence-corrected chi connectivity index (χ0v) is 11.7. The van der Waals surface area contributed by atoms with Gasteiger partial charge in [0, 0.05) is 17.8 Å². The van der Waals surface area contributed by atoms with Crippen LogP contribution in [0.15, 0.2) is 30.6 Å². The molecule has 0 saturated heterocycles. The van der Waals surface area contributed by atoms with E-state index in [2.05, 4.69) is 24.3 Å². The molecular formula is C15H20FN3. The van der Waals surface area contributed by atoms with Gasteiger partial charge in [-0.2, -0.15) is 5.10 Å². The Hall–Kier alpha value is -1.68. The Morgan fingerprint density at radius 1 is 1.42 bits per heavy atom. The van der Waals surface area contributed by atoms with Gasteiger partial charge < -0.3 is 5.32 Å². The van der Waals surface area contributed by atoms with Crippen LogP contribution in [0.3, 0.4) is 0 Å². The van der Waals surface area contributed by atoms with Gasteiger partial charge in [0.2, 0.25) is 0 Å². The van der Waals surface area contributed by atoms with Gasteiger partial charge in [-0.25, -0.2) is 4.39 Å². The molecule has 0 aliphatic carbocycles. The van der Waals surface area contributed by atoms with Crippen LogP contribution >= 0.6 is 0 Å². The minimum absolute atomic E-state index is 0.192. The summed E-state index contributed by atoms with van der Waals surface area (Å²) in [5.74, 6) is -0.192. The lowest BCUT2D eigenvalue weighted by Crippen LogP contribution is -2.17. The van der Waals surface area contributed by atoms with Crippen molar-refractivity contribution in [3.63, 3.8) is 0 Å². The summed E-state index contributed by atoms with van der Waals surface area (Å²) in [7, 11) is 0. The molecule has 2 aromatic rings. The summed E-state index contributed by atoms with van der Waals surface area (Å²) in [4.78, 5) is 0. The zero-order valence-electron chi connectivity index (χ0n) is 11.7. The Labute approximate surface area is 113 Å². The van der Waals surface area contributed by atoms with E-state index in [4.69, 9.17) is 0 Å². The second-order valence-electron chi connectivity index (χ2n) is 4.82. The van der Waals surface area contributed by atoms with Gasteiger partial charge in [-0.1, -0.05) is 13.0 Å². The first-order valence-corrected chi connectivity index (χ1v) is 6.61. The highest BCUT2D eigenvalue weighted by atomic mass is 19.1. The van der Waals surface area contributed by atoms with Crippen molar-refractivity contribution < 1.29 is 4.39 Å². The van der Waals surface area contributed by atoms with Crippen LogP contribution in [0.2, 0.25) is 0 Å². The van der Waals surface area contributed by atoms with Crippen molar-refractivity contribution in [1.82, 2.24) is 15.1 Å². The van der Waals surface area contributed by atoms with Crippen molar-refractivity contribution in [3.8, 4) is 0 Å². The van der Waals surface area contributed by atoms with Gasteiger partial charge >= 0.3 is 0 Å². The Balaban J connectivity index is 2.11. The summed E-state index contributed by atoms with van der Waals surface area (Å²) < 4.78 is 14.9. The van der Waals surface area contributed by atoms with Crippen molar-refractivity contribution in [3.05, 3.63) is 53.1 Å². The predicted molar refractivity (Wildman–Crippen MR) is 74.6 cm³/mol. The quantitative estimate of drug-likeness (QED) is 0.896. The van der Waals surface area contributed by atoms with Gasteiger partial charge in [-0.3, -0.25) is 4.68 Å². The van der Waals surface area contributed by atoms with Crippen LogP contribution in [0.25, 0.3) is 0 Å². The average Bonchev–Trinajstić information content (AvgIpc) is 2.82. The van der Waals surface area contributed by atoms with Crippen LogP contribution in [0.5, 0.6) is 0 Å². The van der Waals surface area contributed by atoms with Crippen molar-refractivity contribution in [2.45, 2.75) is 33.4 Å². The van der Waals surface area contributed by atoms with Crippen LogP contribution in [0, 0.1) is 12.7 Å². The molecule has 1 aromatic heterocycles. The van der Waals surface area contributed by atoms with Gasteiger partial charge in [0.1, 0.15) is 5.82 Å². The first-order valence-electron chi connectivity index (χ1n) is 6.61. The largest absolute Gasteiger partial charge is 0.310 e. The molecule has 1 aromatic carbocycles. The van der Waals surface area contributed by atoms with Crippen molar-refractivity contribution in [1.29, 1.82) is 0 Å². The van der Waals surface area contributed by atoms with Crippen LogP contribution in [-0.2, 0) is 6.54 Å². The fraction of sp³-hybridized carbons (Fsp3) is 0.400. The third kappa shape index (κ3) is 3.41. The minimum atomic E-state index is -0.192. The first-order chi connectivity index (χ1) is 9.10. The minimum Gasteiger partial charge on any atom is -0.310 e. The maximum atomic E-state index is 13.1. The SMILES string of the molecule is CCNC(C)c1cnn(Cc2ccc(F)cc2C)c1. The Morgan fingerprint density at radius 3 is 2.89 bits per heavy atom. The molecule has 0 spiro atoms. The molecule has 19 heavy (non-hydrogen) atoms. The number of nitrogens with zero attached hydrogens (tertiary/aromatic N) is 2. The molecule has 1 N–H and O–H groups in total. The molecule has 0 aliphatic heterocycles. The van der Waals surface area contributed by atoms with E-state index < -0.39 is 0 Å². The molecular weight excluding hydrogens is 241 g/mol. The highest BCUT2D eigenvalue weighted by Gasteiger charge is 2.07. The van der Waals surface area contributed by atoms with Gasteiger partial charge in [-0.15, -0.1) is 0 Å². The average molecular weight is 261 g/mol. The lowest BCUT2D eigenvalue weighted by molar-refractivity contribution is 0.596. The van der Waals surface area contributed by atoms with E-state index in [0.29, 0.717) is 12.6 Å². The maximum Gasteiger partial charge on any atom is 0.123 e. The number of nitrogens with one attached hydrogen (secondary N) is 1. The Kier molecular flexibility index (Phi) is 4.32. The standard InChI is InChI=1S/C15H20FN3/c1-4-17-12(3)14-8-18-19(10-14)9-13-5-6-15(16)7-11(13)2/h5-8,10,12,17H,4,9H2,1-3H3.